The van der Waals surface area contributed by atoms with Crippen LogP contribution in [0.4, 0.5) is 0 Å². The molecule has 1 atom stereocenters. The summed E-state index contributed by atoms with van der Waals surface area (Å²) in [7, 11) is 1.38. The topological polar surface area (TPSA) is 76.1 Å². The van der Waals surface area contributed by atoms with Crippen LogP contribution in [0.5, 0.6) is 0 Å². The molecule has 1 fully saturated rings. The summed E-state index contributed by atoms with van der Waals surface area (Å²) in [5, 5.41) is 9.90. The van der Waals surface area contributed by atoms with Gasteiger partial charge in [0.25, 0.3) is 0 Å². The normalized spacial score (nSPS) is 14.4. The summed E-state index contributed by atoms with van der Waals surface area (Å²) in [6.45, 7) is 5.72. The quantitative estimate of drug-likeness (QED) is 0.420. The number of carbonyl (C=O) groups excluding carboxylic acids is 1. The molecule has 0 N–H and O–H groups in total. The Hall–Kier alpha value is -3.39. The fraction of sp³-hybridized carbons (Fsp3) is 0.292. The molecular formula is C24H22N2O3. The second kappa shape index (κ2) is 7.56. The Morgan fingerprint density at radius 3 is 2.72 bits per heavy atom. The van der Waals surface area contributed by atoms with Crippen molar-refractivity contribution in [2.45, 2.75) is 38.0 Å². The third-order valence-electron chi connectivity index (χ3n) is 5.48. The van der Waals surface area contributed by atoms with E-state index in [-0.39, 0.29) is 5.97 Å². The second-order valence-corrected chi connectivity index (χ2v) is 7.37. The molecule has 1 aromatic heterocycles. The van der Waals surface area contributed by atoms with E-state index >= 15 is 0 Å². The van der Waals surface area contributed by atoms with Crippen LogP contribution in [0.15, 0.2) is 47.4 Å². The van der Waals surface area contributed by atoms with E-state index in [4.69, 9.17) is 9.15 Å². The highest BCUT2D eigenvalue weighted by Gasteiger charge is 2.34. The number of benzene rings is 2. The SMILES string of the molecule is C=CCC(C(=O)OC)c1c(-c2ccccc2)c(C)c(C#N)c2nc(C3CC3)oc12. The minimum atomic E-state index is -0.596. The van der Waals surface area contributed by atoms with Crippen molar-refractivity contribution in [3.63, 3.8) is 0 Å². The number of nitrogens with zero attached hydrogens (tertiary/aromatic N) is 2. The van der Waals surface area contributed by atoms with Gasteiger partial charge in [-0.2, -0.15) is 5.26 Å². The Kier molecular flexibility index (Phi) is 4.94. The fourth-order valence-electron chi connectivity index (χ4n) is 3.90. The van der Waals surface area contributed by atoms with Crippen molar-refractivity contribution in [2.24, 2.45) is 0 Å². The molecule has 1 aliphatic rings. The lowest BCUT2D eigenvalue weighted by atomic mass is 9.83. The smallest absolute Gasteiger partial charge is 0.313 e. The van der Waals surface area contributed by atoms with Crippen LogP contribution >= 0.6 is 0 Å². The van der Waals surface area contributed by atoms with Gasteiger partial charge in [-0.05, 0) is 42.9 Å². The maximum atomic E-state index is 12.8. The summed E-state index contributed by atoms with van der Waals surface area (Å²) in [4.78, 5) is 17.4. The van der Waals surface area contributed by atoms with Gasteiger partial charge >= 0.3 is 5.97 Å². The molecule has 1 aliphatic carbocycles. The highest BCUT2D eigenvalue weighted by Crippen LogP contribution is 2.46. The number of rotatable bonds is 6. The molecule has 2 aromatic carbocycles. The molecule has 1 saturated carbocycles. The third-order valence-corrected chi connectivity index (χ3v) is 5.48. The zero-order chi connectivity index (χ0) is 20.5. The number of nitriles is 1. The highest BCUT2D eigenvalue weighted by molar-refractivity contribution is 5.97. The van der Waals surface area contributed by atoms with E-state index in [9.17, 15) is 10.1 Å². The molecule has 146 valence electrons. The van der Waals surface area contributed by atoms with E-state index in [2.05, 4.69) is 17.6 Å². The Balaban J connectivity index is 2.13. The molecule has 3 aromatic rings. The Labute approximate surface area is 169 Å². The minimum Gasteiger partial charge on any atom is -0.469 e. The summed E-state index contributed by atoms with van der Waals surface area (Å²) in [6, 6.07) is 12.1. The van der Waals surface area contributed by atoms with E-state index in [0.29, 0.717) is 40.5 Å². The number of carbonyl (C=O) groups is 1. The van der Waals surface area contributed by atoms with Gasteiger partial charge < -0.3 is 9.15 Å². The molecule has 0 saturated heterocycles. The summed E-state index contributed by atoms with van der Waals surface area (Å²) < 4.78 is 11.3. The lowest BCUT2D eigenvalue weighted by Crippen LogP contribution is -2.16. The van der Waals surface area contributed by atoms with Crippen molar-refractivity contribution in [3.05, 3.63) is 65.6 Å². The average molecular weight is 386 g/mol. The lowest BCUT2D eigenvalue weighted by molar-refractivity contribution is -0.142. The van der Waals surface area contributed by atoms with Crippen LogP contribution in [-0.4, -0.2) is 18.1 Å². The number of aromatic nitrogens is 1. The molecule has 0 bridgehead atoms. The zero-order valence-corrected chi connectivity index (χ0v) is 16.6. The van der Waals surface area contributed by atoms with Gasteiger partial charge in [-0.3, -0.25) is 4.79 Å². The van der Waals surface area contributed by atoms with Gasteiger partial charge in [0.1, 0.15) is 11.6 Å². The standard InChI is InChI=1S/C24H22N2O3/c1-4-8-17(24(27)28-3)20-19(15-9-6-5-7-10-15)14(2)18(13-25)21-22(20)29-23(26-21)16-11-12-16/h4-7,9-10,16-17H,1,8,11-12H2,2-3H3. The van der Waals surface area contributed by atoms with Crippen LogP contribution < -0.4 is 0 Å². The third kappa shape index (κ3) is 3.21. The van der Waals surface area contributed by atoms with Gasteiger partial charge in [0.2, 0.25) is 0 Å². The molecule has 1 heterocycles. The first-order valence-electron chi connectivity index (χ1n) is 9.71. The van der Waals surface area contributed by atoms with E-state index in [1.165, 1.54) is 7.11 Å². The van der Waals surface area contributed by atoms with E-state index in [0.717, 1.165) is 29.5 Å². The Morgan fingerprint density at radius 2 is 2.14 bits per heavy atom. The number of allylic oxidation sites excluding steroid dienone is 1. The van der Waals surface area contributed by atoms with Crippen LogP contribution in [0.1, 0.15) is 53.7 Å². The largest absolute Gasteiger partial charge is 0.469 e. The first-order valence-corrected chi connectivity index (χ1v) is 9.71. The van der Waals surface area contributed by atoms with Crippen molar-refractivity contribution in [1.29, 1.82) is 5.26 Å². The molecule has 1 unspecified atom stereocenters. The molecular weight excluding hydrogens is 364 g/mol. The van der Waals surface area contributed by atoms with Gasteiger partial charge in [-0.25, -0.2) is 4.98 Å². The Bertz CT molecular complexity index is 1130. The number of oxazole rings is 1. The summed E-state index contributed by atoms with van der Waals surface area (Å²) in [6.07, 6.45) is 4.16. The van der Waals surface area contributed by atoms with Gasteiger partial charge in [-0.1, -0.05) is 36.4 Å². The minimum absolute atomic E-state index is 0.290. The molecule has 0 amide bonds. The van der Waals surface area contributed by atoms with E-state index in [1.54, 1.807) is 6.08 Å². The first-order chi connectivity index (χ1) is 14.1. The fourth-order valence-corrected chi connectivity index (χ4v) is 3.90. The van der Waals surface area contributed by atoms with Gasteiger partial charge in [0, 0.05) is 11.5 Å². The van der Waals surface area contributed by atoms with Gasteiger partial charge in [0.05, 0.1) is 18.6 Å². The number of esters is 1. The predicted molar refractivity (Wildman–Crippen MR) is 110 cm³/mol. The molecule has 4 rings (SSSR count). The number of ether oxygens (including phenoxy) is 1. The van der Waals surface area contributed by atoms with Gasteiger partial charge in [-0.15, -0.1) is 6.58 Å². The number of hydrogen-bond donors (Lipinski definition) is 0. The van der Waals surface area contributed by atoms with Crippen LogP contribution in [0, 0.1) is 18.3 Å². The van der Waals surface area contributed by atoms with Crippen LogP contribution in [-0.2, 0) is 9.53 Å². The molecule has 29 heavy (non-hydrogen) atoms. The van der Waals surface area contributed by atoms with Crippen molar-refractivity contribution in [1.82, 2.24) is 4.98 Å². The molecule has 0 spiro atoms. The number of hydrogen-bond acceptors (Lipinski definition) is 5. The summed E-state index contributed by atoms with van der Waals surface area (Å²) in [5.41, 5.74) is 4.76. The van der Waals surface area contributed by atoms with Crippen molar-refractivity contribution in [3.8, 4) is 17.2 Å². The van der Waals surface area contributed by atoms with Crippen molar-refractivity contribution < 1.29 is 13.9 Å². The molecule has 5 nitrogen and oxygen atoms in total. The van der Waals surface area contributed by atoms with E-state index in [1.807, 2.05) is 37.3 Å². The average Bonchev–Trinajstić information content (AvgIpc) is 3.51. The molecule has 0 radical (unpaired) electrons. The van der Waals surface area contributed by atoms with Crippen molar-refractivity contribution >= 4 is 17.1 Å². The second-order valence-electron chi connectivity index (χ2n) is 7.37. The number of methoxy groups -OCH3 is 1. The van der Waals surface area contributed by atoms with Gasteiger partial charge in [0.15, 0.2) is 11.5 Å². The first kappa shape index (κ1) is 18.9. The zero-order valence-electron chi connectivity index (χ0n) is 16.6. The molecule has 5 heteroatoms. The lowest BCUT2D eigenvalue weighted by Gasteiger charge is -2.20. The highest BCUT2D eigenvalue weighted by atomic mass is 16.5. The van der Waals surface area contributed by atoms with Crippen LogP contribution in [0.2, 0.25) is 0 Å². The van der Waals surface area contributed by atoms with Crippen LogP contribution in [0.3, 0.4) is 0 Å². The monoisotopic (exact) mass is 386 g/mol. The predicted octanol–water partition coefficient (Wildman–Crippen LogP) is 5.39. The van der Waals surface area contributed by atoms with E-state index < -0.39 is 5.92 Å². The maximum absolute atomic E-state index is 12.8. The Morgan fingerprint density at radius 1 is 1.41 bits per heavy atom. The van der Waals surface area contributed by atoms with Crippen molar-refractivity contribution in [2.75, 3.05) is 7.11 Å². The van der Waals surface area contributed by atoms with Crippen LogP contribution in [0.25, 0.3) is 22.2 Å². The summed E-state index contributed by atoms with van der Waals surface area (Å²) in [5.74, 6) is -0.0265. The molecule has 0 aliphatic heterocycles. The maximum Gasteiger partial charge on any atom is 0.313 e. The summed E-state index contributed by atoms with van der Waals surface area (Å²) >= 11 is 0. The number of fused-ring (bicyclic) bond motifs is 1.